The molecule has 0 unspecified atom stereocenters. The van der Waals surface area contributed by atoms with Crippen molar-refractivity contribution in [2.75, 3.05) is 13.2 Å². The summed E-state index contributed by atoms with van der Waals surface area (Å²) in [6.45, 7) is 5.74. The Bertz CT molecular complexity index is 520. The van der Waals surface area contributed by atoms with E-state index in [2.05, 4.69) is 36.8 Å². The Balaban J connectivity index is 1.90. The van der Waals surface area contributed by atoms with Gasteiger partial charge >= 0.3 is 0 Å². The lowest BCUT2D eigenvalue weighted by Crippen LogP contribution is -2.29. The van der Waals surface area contributed by atoms with Gasteiger partial charge in [0, 0.05) is 17.6 Å². The van der Waals surface area contributed by atoms with Crippen LogP contribution in [0.15, 0.2) is 41.6 Å². The van der Waals surface area contributed by atoms with Gasteiger partial charge in [-0.1, -0.05) is 43.7 Å². The van der Waals surface area contributed by atoms with Gasteiger partial charge in [0.25, 0.3) is 0 Å². The lowest BCUT2D eigenvalue weighted by molar-refractivity contribution is 0.0646. The standard InChI is InChI=1S/C18H25ClN2O/c1-14(2)20-11-12-22-21-18-6-4-3-5-16(18)13-15-7-9-17(19)10-8-15/h6-10,13-14,20-21H,3-5,11-12H2,1-2H3. The minimum atomic E-state index is 0.484. The molecule has 0 bridgehead atoms. The van der Waals surface area contributed by atoms with E-state index in [1.165, 1.54) is 12.0 Å². The van der Waals surface area contributed by atoms with Crippen LogP contribution in [0, 0.1) is 0 Å². The number of nitrogens with one attached hydrogen (secondary N) is 2. The summed E-state index contributed by atoms with van der Waals surface area (Å²) in [7, 11) is 0. The highest BCUT2D eigenvalue weighted by Crippen LogP contribution is 2.25. The summed E-state index contributed by atoms with van der Waals surface area (Å²) in [5, 5.41) is 4.09. The molecule has 0 spiro atoms. The van der Waals surface area contributed by atoms with Crippen LogP contribution in [0.1, 0.15) is 38.7 Å². The fraction of sp³-hybridized carbons (Fsp3) is 0.444. The fourth-order valence-electron chi connectivity index (χ4n) is 2.35. The molecule has 0 amide bonds. The van der Waals surface area contributed by atoms with E-state index in [0.29, 0.717) is 12.6 Å². The van der Waals surface area contributed by atoms with Crippen LogP contribution in [-0.4, -0.2) is 19.2 Å². The topological polar surface area (TPSA) is 33.3 Å². The third-order valence-corrected chi connectivity index (χ3v) is 3.75. The van der Waals surface area contributed by atoms with E-state index in [1.54, 1.807) is 0 Å². The third kappa shape index (κ3) is 5.84. The number of hydrogen-bond acceptors (Lipinski definition) is 3. The summed E-state index contributed by atoms with van der Waals surface area (Å²) >= 11 is 5.93. The molecule has 1 aromatic rings. The monoisotopic (exact) mass is 320 g/mol. The maximum Gasteiger partial charge on any atom is 0.0870 e. The van der Waals surface area contributed by atoms with Gasteiger partial charge in [-0.2, -0.15) is 0 Å². The van der Waals surface area contributed by atoms with Gasteiger partial charge in [0.15, 0.2) is 0 Å². The molecule has 1 aliphatic rings. The van der Waals surface area contributed by atoms with Gasteiger partial charge in [-0.15, -0.1) is 0 Å². The van der Waals surface area contributed by atoms with Crippen LogP contribution in [0.25, 0.3) is 6.08 Å². The zero-order valence-electron chi connectivity index (χ0n) is 13.4. The molecule has 0 aromatic heterocycles. The predicted octanol–water partition coefficient (Wildman–Crippen LogP) is 4.31. The molecule has 2 rings (SSSR count). The molecule has 2 N–H and O–H groups in total. The van der Waals surface area contributed by atoms with E-state index < -0.39 is 0 Å². The quantitative estimate of drug-likeness (QED) is 0.580. The summed E-state index contributed by atoms with van der Waals surface area (Å²) in [4.78, 5) is 5.57. The summed E-state index contributed by atoms with van der Waals surface area (Å²) < 4.78 is 0. The Hall–Kier alpha value is -1.29. The zero-order valence-corrected chi connectivity index (χ0v) is 14.1. The maximum absolute atomic E-state index is 5.93. The third-order valence-electron chi connectivity index (χ3n) is 3.49. The molecule has 0 fully saturated rings. The summed E-state index contributed by atoms with van der Waals surface area (Å²) in [5.74, 6) is 0. The minimum Gasteiger partial charge on any atom is -0.312 e. The Labute approximate surface area is 138 Å². The Morgan fingerprint density at radius 3 is 2.77 bits per heavy atom. The lowest BCUT2D eigenvalue weighted by atomic mass is 9.97. The van der Waals surface area contributed by atoms with Gasteiger partial charge in [-0.25, -0.2) is 0 Å². The smallest absolute Gasteiger partial charge is 0.0870 e. The average Bonchev–Trinajstić information content (AvgIpc) is 2.50. The SMILES string of the molecule is CC(C)NCCONC1=CCCCC1=Cc1ccc(Cl)cc1. The van der Waals surface area contributed by atoms with Crippen molar-refractivity contribution in [1.29, 1.82) is 0 Å². The molecule has 1 aliphatic carbocycles. The molecule has 0 heterocycles. The van der Waals surface area contributed by atoms with E-state index in [-0.39, 0.29) is 0 Å². The number of allylic oxidation sites excluding steroid dienone is 2. The highest BCUT2D eigenvalue weighted by atomic mass is 35.5. The summed E-state index contributed by atoms with van der Waals surface area (Å²) in [6.07, 6.45) is 7.74. The first-order valence-corrected chi connectivity index (χ1v) is 8.31. The highest BCUT2D eigenvalue weighted by Gasteiger charge is 2.10. The van der Waals surface area contributed by atoms with E-state index in [1.807, 2.05) is 24.3 Å². The molecule has 0 radical (unpaired) electrons. The lowest BCUT2D eigenvalue weighted by Gasteiger charge is -2.19. The van der Waals surface area contributed by atoms with Crippen molar-refractivity contribution in [1.82, 2.24) is 10.8 Å². The van der Waals surface area contributed by atoms with Crippen LogP contribution in [0.3, 0.4) is 0 Å². The molecular weight excluding hydrogens is 296 g/mol. The van der Waals surface area contributed by atoms with Crippen molar-refractivity contribution in [3.63, 3.8) is 0 Å². The van der Waals surface area contributed by atoms with Gasteiger partial charge in [0.2, 0.25) is 0 Å². The van der Waals surface area contributed by atoms with Gasteiger partial charge in [0.1, 0.15) is 0 Å². The largest absolute Gasteiger partial charge is 0.312 e. The molecule has 0 saturated carbocycles. The molecule has 4 heteroatoms. The molecule has 0 saturated heterocycles. The predicted molar refractivity (Wildman–Crippen MR) is 93.6 cm³/mol. The van der Waals surface area contributed by atoms with Crippen LogP contribution in [0.5, 0.6) is 0 Å². The van der Waals surface area contributed by atoms with E-state index in [0.717, 1.165) is 35.7 Å². The van der Waals surface area contributed by atoms with Crippen LogP contribution < -0.4 is 10.8 Å². The second-order valence-electron chi connectivity index (χ2n) is 5.79. The van der Waals surface area contributed by atoms with Gasteiger partial charge in [0.05, 0.1) is 12.3 Å². The number of rotatable bonds is 7. The van der Waals surface area contributed by atoms with Gasteiger partial charge in [-0.05, 0) is 48.6 Å². The van der Waals surface area contributed by atoms with Crippen molar-refractivity contribution in [2.45, 2.75) is 39.2 Å². The van der Waals surface area contributed by atoms with E-state index in [9.17, 15) is 0 Å². The van der Waals surface area contributed by atoms with Crippen LogP contribution in [-0.2, 0) is 4.84 Å². The fourth-order valence-corrected chi connectivity index (χ4v) is 2.48. The highest BCUT2D eigenvalue weighted by molar-refractivity contribution is 6.30. The molecule has 22 heavy (non-hydrogen) atoms. The van der Waals surface area contributed by atoms with Crippen molar-refractivity contribution >= 4 is 17.7 Å². The second kappa shape index (κ2) is 8.99. The van der Waals surface area contributed by atoms with Crippen LogP contribution in [0.2, 0.25) is 5.02 Å². The molecular formula is C18H25ClN2O. The van der Waals surface area contributed by atoms with Crippen molar-refractivity contribution in [2.24, 2.45) is 0 Å². The first-order chi connectivity index (χ1) is 10.6. The van der Waals surface area contributed by atoms with Crippen molar-refractivity contribution in [3.8, 4) is 0 Å². The number of halogens is 1. The summed E-state index contributed by atoms with van der Waals surface area (Å²) in [6, 6.07) is 8.39. The summed E-state index contributed by atoms with van der Waals surface area (Å²) in [5.41, 5.74) is 6.64. The first-order valence-electron chi connectivity index (χ1n) is 7.93. The molecule has 0 atom stereocenters. The second-order valence-corrected chi connectivity index (χ2v) is 6.23. The van der Waals surface area contributed by atoms with Crippen molar-refractivity contribution in [3.05, 3.63) is 52.2 Å². The number of benzene rings is 1. The molecule has 0 aliphatic heterocycles. The van der Waals surface area contributed by atoms with Crippen molar-refractivity contribution < 1.29 is 4.84 Å². The Morgan fingerprint density at radius 1 is 1.27 bits per heavy atom. The maximum atomic E-state index is 5.93. The minimum absolute atomic E-state index is 0.484. The number of hydrogen-bond donors (Lipinski definition) is 2. The first kappa shape index (κ1) is 17.1. The number of hydroxylamine groups is 1. The average molecular weight is 321 g/mol. The Kier molecular flexibility index (Phi) is 6.97. The van der Waals surface area contributed by atoms with E-state index >= 15 is 0 Å². The van der Waals surface area contributed by atoms with Gasteiger partial charge < -0.3 is 5.32 Å². The molecule has 3 nitrogen and oxygen atoms in total. The van der Waals surface area contributed by atoms with Crippen LogP contribution >= 0.6 is 11.6 Å². The molecule has 120 valence electrons. The molecule has 1 aromatic carbocycles. The Morgan fingerprint density at radius 2 is 2.05 bits per heavy atom. The van der Waals surface area contributed by atoms with Crippen LogP contribution in [0.4, 0.5) is 0 Å². The van der Waals surface area contributed by atoms with E-state index in [4.69, 9.17) is 16.4 Å². The zero-order chi connectivity index (χ0) is 15.8. The van der Waals surface area contributed by atoms with Gasteiger partial charge in [-0.3, -0.25) is 10.3 Å². The normalized spacial score (nSPS) is 16.9.